The second-order valence-corrected chi connectivity index (χ2v) is 9.22. The Morgan fingerprint density at radius 1 is 1.03 bits per heavy atom. The van der Waals surface area contributed by atoms with Crippen LogP contribution in [0.3, 0.4) is 0 Å². The van der Waals surface area contributed by atoms with E-state index in [1.165, 1.54) is 15.9 Å². The van der Waals surface area contributed by atoms with E-state index in [0.29, 0.717) is 30.3 Å². The van der Waals surface area contributed by atoms with Crippen LogP contribution in [0.5, 0.6) is 5.75 Å². The number of carbonyl (C=O) groups excluding carboxylic acids is 1. The molecule has 1 saturated heterocycles. The van der Waals surface area contributed by atoms with Gasteiger partial charge in [-0.25, -0.2) is 4.98 Å². The third-order valence-corrected chi connectivity index (χ3v) is 6.83. The molecule has 4 aromatic rings. The van der Waals surface area contributed by atoms with E-state index in [2.05, 4.69) is 10.00 Å². The molecule has 0 unspecified atom stereocenters. The maximum atomic E-state index is 12.7. The van der Waals surface area contributed by atoms with Crippen LogP contribution in [0.15, 0.2) is 65.5 Å². The van der Waals surface area contributed by atoms with Crippen LogP contribution < -0.4 is 10.3 Å². The molecule has 174 valence electrons. The van der Waals surface area contributed by atoms with Crippen molar-refractivity contribution in [3.8, 4) is 16.3 Å². The molecule has 0 spiro atoms. The highest BCUT2D eigenvalue weighted by molar-refractivity contribution is 7.19. The zero-order valence-corrected chi connectivity index (χ0v) is 19.7. The smallest absolute Gasteiger partial charge is 0.275 e. The van der Waals surface area contributed by atoms with E-state index < -0.39 is 0 Å². The molecule has 9 heteroatoms. The van der Waals surface area contributed by atoms with Crippen molar-refractivity contribution in [3.63, 3.8) is 0 Å². The molecule has 8 nitrogen and oxygen atoms in total. The minimum Gasteiger partial charge on any atom is -0.484 e. The van der Waals surface area contributed by atoms with Gasteiger partial charge in [0.1, 0.15) is 10.8 Å². The van der Waals surface area contributed by atoms with Crippen LogP contribution >= 0.6 is 11.3 Å². The van der Waals surface area contributed by atoms with E-state index in [1.54, 1.807) is 6.07 Å². The first-order chi connectivity index (χ1) is 16.6. The molecule has 1 aliphatic heterocycles. The quantitative estimate of drug-likeness (QED) is 0.427. The van der Waals surface area contributed by atoms with Gasteiger partial charge in [-0.3, -0.25) is 14.5 Å². The molecule has 1 fully saturated rings. The number of rotatable bonds is 6. The third kappa shape index (κ3) is 4.85. The molecular weight excluding hydrogens is 450 g/mol. The second kappa shape index (κ2) is 9.74. The van der Waals surface area contributed by atoms with Crippen molar-refractivity contribution in [2.24, 2.45) is 0 Å². The number of hydrogen-bond donors (Lipinski definition) is 0. The lowest BCUT2D eigenvalue weighted by atomic mass is 10.1. The first-order valence-corrected chi connectivity index (χ1v) is 12.0. The highest BCUT2D eigenvalue weighted by Gasteiger charge is 2.22. The summed E-state index contributed by atoms with van der Waals surface area (Å²) in [6.45, 7) is 5.30. The monoisotopic (exact) mass is 475 g/mol. The Kier molecular flexibility index (Phi) is 6.37. The molecular formula is C25H25N5O3S. The van der Waals surface area contributed by atoms with Gasteiger partial charge in [0, 0.05) is 44.4 Å². The van der Waals surface area contributed by atoms with E-state index in [1.807, 2.05) is 66.4 Å². The zero-order valence-electron chi connectivity index (χ0n) is 18.9. The van der Waals surface area contributed by atoms with Crippen LogP contribution in [0.1, 0.15) is 11.3 Å². The lowest BCUT2D eigenvalue weighted by Crippen LogP contribution is -2.49. The summed E-state index contributed by atoms with van der Waals surface area (Å²) in [5.41, 5.74) is 2.66. The fourth-order valence-electron chi connectivity index (χ4n) is 4.00. The molecule has 0 saturated carbocycles. The average Bonchev–Trinajstić information content (AvgIpc) is 3.28. The van der Waals surface area contributed by atoms with Crippen LogP contribution in [0.4, 0.5) is 0 Å². The Morgan fingerprint density at radius 2 is 1.76 bits per heavy atom. The summed E-state index contributed by atoms with van der Waals surface area (Å²) in [7, 11) is 0. The van der Waals surface area contributed by atoms with Crippen molar-refractivity contribution >= 4 is 22.2 Å². The molecule has 1 amide bonds. The van der Waals surface area contributed by atoms with Crippen molar-refractivity contribution < 1.29 is 9.53 Å². The predicted octanol–water partition coefficient (Wildman–Crippen LogP) is 2.85. The largest absolute Gasteiger partial charge is 0.484 e. The number of benzene rings is 2. The first kappa shape index (κ1) is 22.2. The number of ether oxygens (including phenoxy) is 1. The number of hydrogen-bond acceptors (Lipinski definition) is 7. The minimum absolute atomic E-state index is 0.0188. The molecule has 0 atom stereocenters. The molecule has 5 rings (SSSR count). The Labute approximate surface area is 201 Å². The Morgan fingerprint density at radius 3 is 2.53 bits per heavy atom. The van der Waals surface area contributed by atoms with Gasteiger partial charge in [-0.1, -0.05) is 53.8 Å². The van der Waals surface area contributed by atoms with E-state index >= 15 is 0 Å². The molecule has 1 aliphatic rings. The number of para-hydroxylation sites is 1. The molecule has 2 aromatic heterocycles. The van der Waals surface area contributed by atoms with Crippen molar-refractivity contribution in [1.82, 2.24) is 24.4 Å². The summed E-state index contributed by atoms with van der Waals surface area (Å²) in [6, 6.07) is 18.9. The molecule has 0 radical (unpaired) electrons. The summed E-state index contributed by atoms with van der Waals surface area (Å²) in [6.07, 6.45) is 0. The summed E-state index contributed by atoms with van der Waals surface area (Å²) in [5.74, 6) is 0.672. The van der Waals surface area contributed by atoms with Crippen LogP contribution in [0.25, 0.3) is 15.5 Å². The zero-order chi connectivity index (χ0) is 23.5. The maximum absolute atomic E-state index is 12.7. The maximum Gasteiger partial charge on any atom is 0.275 e. The molecule has 0 aliphatic carbocycles. The van der Waals surface area contributed by atoms with Crippen LogP contribution in [0, 0.1) is 6.92 Å². The number of aryl methyl sites for hydroxylation is 1. The van der Waals surface area contributed by atoms with Crippen molar-refractivity contribution in [3.05, 3.63) is 82.3 Å². The predicted molar refractivity (Wildman–Crippen MR) is 131 cm³/mol. The number of fused-ring (bicyclic) bond motifs is 1. The summed E-state index contributed by atoms with van der Waals surface area (Å²) in [5, 5.41) is 5.27. The second-order valence-electron chi connectivity index (χ2n) is 8.26. The summed E-state index contributed by atoms with van der Waals surface area (Å²) < 4.78 is 6.96. The molecule has 2 aromatic carbocycles. The molecule has 0 N–H and O–H groups in total. The van der Waals surface area contributed by atoms with Crippen LogP contribution in [-0.4, -0.2) is 63.1 Å². The standard InChI is InChI=1S/C25H25N5O3S/c1-18-7-5-6-10-21(18)24-27-30-22(31)15-19(26-25(30)34-24)16-28-11-13-29(14-12-28)23(32)17-33-20-8-3-2-4-9-20/h2-10,15H,11-14,16-17H2,1H3. The van der Waals surface area contributed by atoms with E-state index in [9.17, 15) is 9.59 Å². The van der Waals surface area contributed by atoms with Crippen molar-refractivity contribution in [2.45, 2.75) is 13.5 Å². The van der Waals surface area contributed by atoms with Crippen molar-refractivity contribution in [2.75, 3.05) is 32.8 Å². The average molecular weight is 476 g/mol. The van der Waals surface area contributed by atoms with Gasteiger partial charge in [0.2, 0.25) is 4.96 Å². The minimum atomic E-state index is -0.178. The number of amides is 1. The number of piperazine rings is 1. The summed E-state index contributed by atoms with van der Waals surface area (Å²) in [4.78, 5) is 34.5. The normalized spacial score (nSPS) is 14.4. The SMILES string of the molecule is Cc1ccccc1-c1nn2c(=O)cc(CN3CCN(C(=O)COc4ccccc4)CC3)nc2s1. The van der Waals surface area contributed by atoms with E-state index in [4.69, 9.17) is 9.72 Å². The Balaban J connectivity index is 1.21. The van der Waals surface area contributed by atoms with Gasteiger partial charge in [-0.2, -0.15) is 9.61 Å². The molecule has 3 heterocycles. The lowest BCUT2D eigenvalue weighted by Gasteiger charge is -2.34. The van der Waals surface area contributed by atoms with Gasteiger partial charge >= 0.3 is 0 Å². The van der Waals surface area contributed by atoms with Gasteiger partial charge in [0.15, 0.2) is 6.61 Å². The molecule has 34 heavy (non-hydrogen) atoms. The van der Waals surface area contributed by atoms with Crippen LogP contribution in [-0.2, 0) is 11.3 Å². The molecule has 0 bridgehead atoms. The van der Waals surface area contributed by atoms with Gasteiger partial charge in [-0.15, -0.1) is 0 Å². The van der Waals surface area contributed by atoms with Gasteiger partial charge < -0.3 is 9.64 Å². The highest BCUT2D eigenvalue weighted by atomic mass is 32.1. The highest BCUT2D eigenvalue weighted by Crippen LogP contribution is 2.27. The van der Waals surface area contributed by atoms with Crippen LogP contribution in [0.2, 0.25) is 0 Å². The Hall–Kier alpha value is -3.56. The summed E-state index contributed by atoms with van der Waals surface area (Å²) >= 11 is 1.42. The van der Waals surface area contributed by atoms with Gasteiger partial charge in [0.05, 0.1) is 5.69 Å². The Bertz CT molecular complexity index is 1360. The fraction of sp³-hybridized carbons (Fsp3) is 0.280. The third-order valence-electron chi connectivity index (χ3n) is 5.89. The topological polar surface area (TPSA) is 80.0 Å². The van der Waals surface area contributed by atoms with Crippen molar-refractivity contribution in [1.29, 1.82) is 0 Å². The first-order valence-electron chi connectivity index (χ1n) is 11.2. The van der Waals surface area contributed by atoms with Gasteiger partial charge in [0.25, 0.3) is 11.5 Å². The number of aromatic nitrogens is 3. The fourth-order valence-corrected chi connectivity index (χ4v) is 5.01. The lowest BCUT2D eigenvalue weighted by molar-refractivity contribution is -0.135. The van der Waals surface area contributed by atoms with Gasteiger partial charge in [-0.05, 0) is 24.6 Å². The number of nitrogens with zero attached hydrogens (tertiary/aromatic N) is 5. The van der Waals surface area contributed by atoms with E-state index in [0.717, 1.165) is 34.9 Å². The van der Waals surface area contributed by atoms with E-state index in [-0.39, 0.29) is 18.1 Å². The number of carbonyl (C=O) groups is 1.